The Kier molecular flexibility index (Phi) is 3.54. The molecule has 2 aromatic rings. The number of carbonyl (C=O) groups excluding carboxylic acids is 1. The number of thiazole rings is 1. The molecule has 0 fully saturated rings. The molecule has 0 aromatic carbocycles. The van der Waals surface area contributed by atoms with Gasteiger partial charge in [0.05, 0.1) is 6.04 Å². The number of nitrogens with one attached hydrogen (secondary N) is 1. The van der Waals surface area contributed by atoms with Crippen LogP contribution < -0.4 is 11.1 Å². The van der Waals surface area contributed by atoms with Gasteiger partial charge in [0.1, 0.15) is 10.7 Å². The lowest BCUT2D eigenvalue weighted by Gasteiger charge is -2.03. The second kappa shape index (κ2) is 5.11. The molecule has 1 atom stereocenters. The van der Waals surface area contributed by atoms with E-state index in [4.69, 9.17) is 5.73 Å². The predicted molar refractivity (Wildman–Crippen MR) is 68.6 cm³/mol. The quantitative estimate of drug-likeness (QED) is 0.780. The van der Waals surface area contributed by atoms with Crippen molar-refractivity contribution in [2.75, 3.05) is 5.32 Å². The van der Waals surface area contributed by atoms with Crippen LogP contribution in [0.15, 0.2) is 23.7 Å². The van der Waals surface area contributed by atoms with Crippen LogP contribution in [0.1, 0.15) is 28.5 Å². The zero-order valence-corrected chi connectivity index (χ0v) is 10.4. The smallest absolute Gasteiger partial charge is 0.276 e. The number of amides is 1. The Morgan fingerprint density at radius 3 is 3.00 bits per heavy atom. The molecule has 0 aliphatic rings. The lowest BCUT2D eigenvalue weighted by atomic mass is 10.3. The predicted octanol–water partition coefficient (Wildman–Crippen LogP) is 1.52. The summed E-state index contributed by atoms with van der Waals surface area (Å²) in [6.07, 6.45) is 1.48. The number of hydrogen-bond donors (Lipinski definition) is 3. The molecule has 0 bridgehead atoms. The second-order valence-electron chi connectivity index (χ2n) is 3.68. The van der Waals surface area contributed by atoms with Crippen LogP contribution in [-0.2, 0) is 0 Å². The van der Waals surface area contributed by atoms with Crippen LogP contribution in [0.3, 0.4) is 0 Å². The fourth-order valence-electron chi connectivity index (χ4n) is 1.27. The third kappa shape index (κ3) is 2.63. The van der Waals surface area contributed by atoms with Crippen LogP contribution in [0.2, 0.25) is 0 Å². The lowest BCUT2D eigenvalue weighted by Crippen LogP contribution is -2.14. The molecule has 4 N–H and O–H groups in total. The number of aromatic nitrogens is 2. The van der Waals surface area contributed by atoms with Gasteiger partial charge < -0.3 is 16.2 Å². The summed E-state index contributed by atoms with van der Waals surface area (Å²) >= 11 is 1.32. The van der Waals surface area contributed by atoms with Gasteiger partial charge in [-0.25, -0.2) is 9.97 Å². The Balaban J connectivity index is 2.15. The van der Waals surface area contributed by atoms with Crippen molar-refractivity contribution in [3.8, 4) is 5.75 Å². The number of nitrogens with two attached hydrogens (primary N) is 1. The van der Waals surface area contributed by atoms with Gasteiger partial charge in [-0.1, -0.05) is 0 Å². The van der Waals surface area contributed by atoms with Crippen LogP contribution >= 0.6 is 11.3 Å². The summed E-state index contributed by atoms with van der Waals surface area (Å²) in [6, 6.07) is 2.80. The van der Waals surface area contributed by atoms with Crippen LogP contribution in [0, 0.1) is 0 Å². The maximum absolute atomic E-state index is 11.8. The van der Waals surface area contributed by atoms with E-state index in [-0.39, 0.29) is 23.3 Å². The molecule has 0 saturated carbocycles. The average molecular weight is 264 g/mol. The third-order valence-corrected chi connectivity index (χ3v) is 3.21. The first-order valence-corrected chi connectivity index (χ1v) is 6.12. The highest BCUT2D eigenvalue weighted by atomic mass is 32.1. The zero-order valence-electron chi connectivity index (χ0n) is 9.62. The van der Waals surface area contributed by atoms with Gasteiger partial charge in [0, 0.05) is 11.6 Å². The van der Waals surface area contributed by atoms with Gasteiger partial charge in [0.2, 0.25) is 0 Å². The fourth-order valence-corrected chi connectivity index (χ4v) is 2.02. The maximum Gasteiger partial charge on any atom is 0.276 e. The Morgan fingerprint density at radius 2 is 2.39 bits per heavy atom. The first-order valence-electron chi connectivity index (χ1n) is 5.24. The first-order chi connectivity index (χ1) is 8.58. The fraction of sp³-hybridized carbons (Fsp3) is 0.182. The summed E-state index contributed by atoms with van der Waals surface area (Å²) in [6.45, 7) is 1.80. The number of nitrogens with zero attached hydrogens (tertiary/aromatic N) is 2. The summed E-state index contributed by atoms with van der Waals surface area (Å²) in [4.78, 5) is 19.8. The Morgan fingerprint density at radius 1 is 1.61 bits per heavy atom. The summed E-state index contributed by atoms with van der Waals surface area (Å²) in [7, 11) is 0. The molecule has 1 unspecified atom stereocenters. The van der Waals surface area contributed by atoms with Gasteiger partial charge in [-0.2, -0.15) is 0 Å². The van der Waals surface area contributed by atoms with E-state index in [2.05, 4.69) is 15.3 Å². The van der Waals surface area contributed by atoms with Crippen molar-refractivity contribution in [3.63, 3.8) is 0 Å². The molecule has 0 saturated heterocycles. The van der Waals surface area contributed by atoms with Gasteiger partial charge in [-0.3, -0.25) is 4.79 Å². The van der Waals surface area contributed by atoms with E-state index in [1.54, 1.807) is 18.4 Å². The standard InChI is InChI=1S/C11H12N4O2S/c1-6(12)11-14-7(5-18-11)10(17)15-9-8(16)3-2-4-13-9/h2-6,16H,12H2,1H3,(H,13,15,17). The van der Waals surface area contributed by atoms with Crippen LogP contribution in [-0.4, -0.2) is 21.0 Å². The molecule has 18 heavy (non-hydrogen) atoms. The van der Waals surface area contributed by atoms with Crippen molar-refractivity contribution in [2.45, 2.75) is 13.0 Å². The van der Waals surface area contributed by atoms with Gasteiger partial charge >= 0.3 is 0 Å². The van der Waals surface area contributed by atoms with Crippen molar-refractivity contribution in [1.82, 2.24) is 9.97 Å². The van der Waals surface area contributed by atoms with Gasteiger partial charge in [0.15, 0.2) is 11.6 Å². The van der Waals surface area contributed by atoms with E-state index in [1.807, 2.05) is 0 Å². The minimum atomic E-state index is -0.424. The maximum atomic E-state index is 11.8. The van der Waals surface area contributed by atoms with E-state index in [1.165, 1.54) is 23.6 Å². The third-order valence-electron chi connectivity index (χ3n) is 2.16. The van der Waals surface area contributed by atoms with E-state index in [0.29, 0.717) is 5.01 Å². The van der Waals surface area contributed by atoms with Gasteiger partial charge in [-0.15, -0.1) is 11.3 Å². The number of anilines is 1. The summed E-state index contributed by atoms with van der Waals surface area (Å²) in [5.41, 5.74) is 5.93. The SMILES string of the molecule is CC(N)c1nc(C(=O)Nc2ncccc2O)cs1. The number of carbonyl (C=O) groups is 1. The molecule has 7 heteroatoms. The average Bonchev–Trinajstić information content (AvgIpc) is 2.81. The van der Waals surface area contributed by atoms with Gasteiger partial charge in [0.25, 0.3) is 5.91 Å². The highest BCUT2D eigenvalue weighted by molar-refractivity contribution is 7.09. The highest BCUT2D eigenvalue weighted by Crippen LogP contribution is 2.20. The van der Waals surface area contributed by atoms with Crippen LogP contribution in [0.5, 0.6) is 5.75 Å². The van der Waals surface area contributed by atoms with Crippen molar-refractivity contribution in [3.05, 3.63) is 34.4 Å². The van der Waals surface area contributed by atoms with Crippen LogP contribution in [0.4, 0.5) is 5.82 Å². The zero-order chi connectivity index (χ0) is 13.1. The van der Waals surface area contributed by atoms with E-state index in [9.17, 15) is 9.90 Å². The molecule has 6 nitrogen and oxygen atoms in total. The molecule has 94 valence electrons. The highest BCUT2D eigenvalue weighted by Gasteiger charge is 2.14. The Bertz CT molecular complexity index is 568. The molecule has 0 radical (unpaired) electrons. The van der Waals surface area contributed by atoms with Crippen molar-refractivity contribution >= 4 is 23.1 Å². The summed E-state index contributed by atoms with van der Waals surface area (Å²) < 4.78 is 0. The second-order valence-corrected chi connectivity index (χ2v) is 4.57. The van der Waals surface area contributed by atoms with E-state index < -0.39 is 5.91 Å². The van der Waals surface area contributed by atoms with Crippen LogP contribution in [0.25, 0.3) is 0 Å². The molecule has 0 spiro atoms. The molecule has 2 rings (SSSR count). The summed E-state index contributed by atoms with van der Waals surface area (Å²) in [5, 5.41) is 14.3. The normalized spacial score (nSPS) is 12.1. The Labute approximate surface area is 108 Å². The number of rotatable bonds is 3. The van der Waals surface area contributed by atoms with Crippen molar-refractivity contribution in [2.24, 2.45) is 5.73 Å². The minimum Gasteiger partial charge on any atom is -0.504 e. The largest absolute Gasteiger partial charge is 0.504 e. The van der Waals surface area contributed by atoms with Crippen molar-refractivity contribution in [1.29, 1.82) is 0 Å². The topological polar surface area (TPSA) is 101 Å². The van der Waals surface area contributed by atoms with Crippen molar-refractivity contribution < 1.29 is 9.90 Å². The summed E-state index contributed by atoms with van der Waals surface area (Å²) in [5.74, 6) is -0.404. The number of pyridine rings is 1. The minimum absolute atomic E-state index is 0.0894. The lowest BCUT2D eigenvalue weighted by molar-refractivity contribution is 0.102. The number of aromatic hydroxyl groups is 1. The van der Waals surface area contributed by atoms with E-state index in [0.717, 1.165) is 0 Å². The molecule has 1 amide bonds. The number of hydrogen-bond acceptors (Lipinski definition) is 6. The first kappa shape index (κ1) is 12.5. The van der Waals surface area contributed by atoms with Gasteiger partial charge in [-0.05, 0) is 19.1 Å². The molecule has 2 aromatic heterocycles. The molecule has 0 aliphatic heterocycles. The molecular weight excluding hydrogens is 252 g/mol. The molecule has 2 heterocycles. The monoisotopic (exact) mass is 264 g/mol. The van der Waals surface area contributed by atoms with E-state index >= 15 is 0 Å². The molecule has 0 aliphatic carbocycles. The molecular formula is C11H12N4O2S. The Hall–Kier alpha value is -1.99.